The molecule has 0 aliphatic rings. The standard InChI is InChI=1S/C14H20N2O3/c1-3-19-9-5-8-13(17)16-12-7-4-6-11(10(12)2)14(15)18/h4,6-7H,3,5,8-9H2,1-2H3,(H2,15,18)(H,16,17). The SMILES string of the molecule is CCOCCCC(=O)Nc1cccc(C(N)=O)c1C. The van der Waals surface area contributed by atoms with E-state index in [9.17, 15) is 9.59 Å². The van der Waals surface area contributed by atoms with Gasteiger partial charge in [0.25, 0.3) is 0 Å². The Balaban J connectivity index is 2.59. The lowest BCUT2D eigenvalue weighted by Gasteiger charge is -2.10. The number of rotatable bonds is 7. The molecule has 5 heteroatoms. The van der Waals surface area contributed by atoms with Gasteiger partial charge in [-0.15, -0.1) is 0 Å². The average Bonchev–Trinajstić information content (AvgIpc) is 2.37. The third kappa shape index (κ3) is 4.71. The van der Waals surface area contributed by atoms with Crippen LogP contribution in [0.1, 0.15) is 35.7 Å². The van der Waals surface area contributed by atoms with E-state index in [1.165, 1.54) is 0 Å². The number of primary amides is 1. The van der Waals surface area contributed by atoms with Gasteiger partial charge in [-0.1, -0.05) is 6.07 Å². The van der Waals surface area contributed by atoms with Crippen molar-refractivity contribution < 1.29 is 14.3 Å². The number of amides is 2. The summed E-state index contributed by atoms with van der Waals surface area (Å²) in [6.45, 7) is 4.90. The molecule has 0 radical (unpaired) electrons. The predicted octanol–water partition coefficient (Wildman–Crippen LogP) is 1.85. The van der Waals surface area contributed by atoms with E-state index in [1.54, 1.807) is 25.1 Å². The third-order valence-electron chi connectivity index (χ3n) is 2.77. The Morgan fingerprint density at radius 2 is 2.11 bits per heavy atom. The zero-order valence-electron chi connectivity index (χ0n) is 11.4. The van der Waals surface area contributed by atoms with Crippen molar-refractivity contribution in [3.05, 3.63) is 29.3 Å². The summed E-state index contributed by atoms with van der Waals surface area (Å²) < 4.78 is 5.17. The van der Waals surface area contributed by atoms with Crippen molar-refractivity contribution in [2.75, 3.05) is 18.5 Å². The molecule has 0 bridgehead atoms. The van der Waals surface area contributed by atoms with Crippen LogP contribution in [0.2, 0.25) is 0 Å². The number of benzene rings is 1. The number of ether oxygens (including phenoxy) is 1. The third-order valence-corrected chi connectivity index (χ3v) is 2.77. The molecule has 0 unspecified atom stereocenters. The lowest BCUT2D eigenvalue weighted by Crippen LogP contribution is -2.16. The van der Waals surface area contributed by atoms with Crippen LogP contribution in [-0.2, 0) is 9.53 Å². The molecule has 0 saturated heterocycles. The maximum atomic E-state index is 11.7. The second-order valence-corrected chi connectivity index (χ2v) is 4.19. The molecule has 0 aliphatic heterocycles. The first-order chi connectivity index (χ1) is 9.06. The summed E-state index contributed by atoms with van der Waals surface area (Å²) in [4.78, 5) is 22.9. The Labute approximate surface area is 113 Å². The minimum absolute atomic E-state index is 0.0931. The van der Waals surface area contributed by atoms with Gasteiger partial charge >= 0.3 is 0 Å². The van der Waals surface area contributed by atoms with Gasteiger partial charge in [0, 0.05) is 30.9 Å². The average molecular weight is 264 g/mol. The highest BCUT2D eigenvalue weighted by Gasteiger charge is 2.10. The van der Waals surface area contributed by atoms with Crippen molar-refractivity contribution >= 4 is 17.5 Å². The molecule has 5 nitrogen and oxygen atoms in total. The maximum absolute atomic E-state index is 11.7. The second-order valence-electron chi connectivity index (χ2n) is 4.19. The molecule has 104 valence electrons. The summed E-state index contributed by atoms with van der Waals surface area (Å²) in [7, 11) is 0. The molecule has 1 aromatic carbocycles. The number of hydrogen-bond donors (Lipinski definition) is 2. The Kier molecular flexibility index (Phi) is 6.02. The summed E-state index contributed by atoms with van der Waals surface area (Å²) in [6, 6.07) is 5.09. The topological polar surface area (TPSA) is 81.4 Å². The summed E-state index contributed by atoms with van der Waals surface area (Å²) in [5.74, 6) is -0.589. The Morgan fingerprint density at radius 1 is 1.37 bits per heavy atom. The molecule has 0 fully saturated rings. The molecule has 0 saturated carbocycles. The van der Waals surface area contributed by atoms with Gasteiger partial charge < -0.3 is 15.8 Å². The molecular formula is C14H20N2O3. The summed E-state index contributed by atoms with van der Waals surface area (Å²) in [6.07, 6.45) is 1.06. The van der Waals surface area contributed by atoms with Crippen molar-refractivity contribution in [2.45, 2.75) is 26.7 Å². The van der Waals surface area contributed by atoms with Gasteiger partial charge in [0.1, 0.15) is 0 Å². The Morgan fingerprint density at radius 3 is 2.74 bits per heavy atom. The van der Waals surface area contributed by atoms with E-state index >= 15 is 0 Å². The van der Waals surface area contributed by atoms with E-state index in [2.05, 4.69) is 5.32 Å². The fraction of sp³-hybridized carbons (Fsp3) is 0.429. The van der Waals surface area contributed by atoms with Crippen LogP contribution in [-0.4, -0.2) is 25.0 Å². The van der Waals surface area contributed by atoms with Crippen LogP contribution in [0.25, 0.3) is 0 Å². The van der Waals surface area contributed by atoms with E-state index in [0.717, 1.165) is 0 Å². The molecule has 1 rings (SSSR count). The number of carbonyl (C=O) groups excluding carboxylic acids is 2. The minimum atomic E-state index is -0.495. The van der Waals surface area contributed by atoms with Gasteiger partial charge in [0.2, 0.25) is 11.8 Å². The Hall–Kier alpha value is -1.88. The maximum Gasteiger partial charge on any atom is 0.249 e. The van der Waals surface area contributed by atoms with Crippen LogP contribution in [0, 0.1) is 6.92 Å². The molecule has 0 aromatic heterocycles. The number of nitrogens with one attached hydrogen (secondary N) is 1. The molecular weight excluding hydrogens is 244 g/mol. The molecule has 0 heterocycles. The fourth-order valence-electron chi connectivity index (χ4n) is 1.73. The van der Waals surface area contributed by atoms with Crippen molar-refractivity contribution in [1.82, 2.24) is 0 Å². The van der Waals surface area contributed by atoms with Crippen molar-refractivity contribution in [3.63, 3.8) is 0 Å². The first-order valence-electron chi connectivity index (χ1n) is 6.33. The van der Waals surface area contributed by atoms with Crippen LogP contribution in [0.5, 0.6) is 0 Å². The highest BCUT2D eigenvalue weighted by molar-refractivity contribution is 5.98. The van der Waals surface area contributed by atoms with Gasteiger partial charge in [-0.3, -0.25) is 9.59 Å². The molecule has 0 spiro atoms. The first-order valence-corrected chi connectivity index (χ1v) is 6.33. The Bertz CT molecular complexity index is 458. The van der Waals surface area contributed by atoms with Gasteiger partial charge in [-0.2, -0.15) is 0 Å². The number of carbonyl (C=O) groups is 2. The van der Waals surface area contributed by atoms with E-state index in [1.807, 2.05) is 6.92 Å². The highest BCUT2D eigenvalue weighted by Crippen LogP contribution is 2.18. The fourth-order valence-corrected chi connectivity index (χ4v) is 1.73. The first kappa shape index (κ1) is 15.2. The predicted molar refractivity (Wildman–Crippen MR) is 74.1 cm³/mol. The van der Waals surface area contributed by atoms with Crippen molar-refractivity contribution in [3.8, 4) is 0 Å². The lowest BCUT2D eigenvalue weighted by molar-refractivity contribution is -0.116. The van der Waals surface area contributed by atoms with Gasteiger partial charge in [0.15, 0.2) is 0 Å². The quantitative estimate of drug-likeness (QED) is 0.737. The molecule has 2 amide bonds. The lowest BCUT2D eigenvalue weighted by atomic mass is 10.1. The van der Waals surface area contributed by atoms with Gasteiger partial charge in [-0.05, 0) is 38.0 Å². The van der Waals surface area contributed by atoms with Crippen LogP contribution in [0.3, 0.4) is 0 Å². The molecule has 1 aromatic rings. The van der Waals surface area contributed by atoms with Crippen molar-refractivity contribution in [2.24, 2.45) is 5.73 Å². The van der Waals surface area contributed by atoms with Gasteiger partial charge in [0.05, 0.1) is 0 Å². The van der Waals surface area contributed by atoms with Crippen LogP contribution < -0.4 is 11.1 Å². The molecule has 0 aliphatic carbocycles. The molecule has 19 heavy (non-hydrogen) atoms. The van der Waals surface area contributed by atoms with Crippen LogP contribution >= 0.6 is 0 Å². The monoisotopic (exact) mass is 264 g/mol. The minimum Gasteiger partial charge on any atom is -0.382 e. The molecule has 3 N–H and O–H groups in total. The summed E-state index contributed by atoms with van der Waals surface area (Å²) in [5.41, 5.74) is 6.99. The van der Waals surface area contributed by atoms with Crippen LogP contribution in [0.15, 0.2) is 18.2 Å². The van der Waals surface area contributed by atoms with E-state index in [4.69, 9.17) is 10.5 Å². The summed E-state index contributed by atoms with van der Waals surface area (Å²) in [5, 5.41) is 2.78. The highest BCUT2D eigenvalue weighted by atomic mass is 16.5. The van der Waals surface area contributed by atoms with Crippen LogP contribution in [0.4, 0.5) is 5.69 Å². The molecule has 0 atom stereocenters. The normalized spacial score (nSPS) is 10.2. The zero-order chi connectivity index (χ0) is 14.3. The number of anilines is 1. The largest absolute Gasteiger partial charge is 0.382 e. The number of nitrogens with two attached hydrogens (primary N) is 1. The van der Waals surface area contributed by atoms with E-state index < -0.39 is 5.91 Å². The smallest absolute Gasteiger partial charge is 0.249 e. The number of hydrogen-bond acceptors (Lipinski definition) is 3. The summed E-state index contributed by atoms with van der Waals surface area (Å²) >= 11 is 0. The van der Waals surface area contributed by atoms with Crippen molar-refractivity contribution in [1.29, 1.82) is 0 Å². The zero-order valence-corrected chi connectivity index (χ0v) is 11.4. The van der Waals surface area contributed by atoms with E-state index in [-0.39, 0.29) is 5.91 Å². The van der Waals surface area contributed by atoms with Gasteiger partial charge in [-0.25, -0.2) is 0 Å². The second kappa shape index (κ2) is 7.53. The van der Waals surface area contributed by atoms with E-state index in [0.29, 0.717) is 42.9 Å².